The highest BCUT2D eigenvalue weighted by Gasteiger charge is 2.17. The van der Waals surface area contributed by atoms with Gasteiger partial charge in [-0.3, -0.25) is 9.79 Å². The maximum Gasteiger partial charge on any atom is 0.220 e. The fraction of sp³-hybridized carbons (Fsp3) is 0.889. The van der Waals surface area contributed by atoms with E-state index in [2.05, 4.69) is 32.9 Å². The maximum atomic E-state index is 11.9. The molecule has 1 aliphatic carbocycles. The number of rotatable bonds is 12. The van der Waals surface area contributed by atoms with E-state index in [-0.39, 0.29) is 5.91 Å². The van der Waals surface area contributed by atoms with Gasteiger partial charge in [-0.15, -0.1) is 0 Å². The van der Waals surface area contributed by atoms with E-state index in [1.165, 1.54) is 25.7 Å². The maximum absolute atomic E-state index is 11.9. The van der Waals surface area contributed by atoms with Gasteiger partial charge in [-0.05, 0) is 32.2 Å². The first-order valence-electron chi connectivity index (χ1n) is 9.54. The number of carbonyl (C=O) groups is 1. The van der Waals surface area contributed by atoms with Crippen molar-refractivity contribution in [3.05, 3.63) is 0 Å². The van der Waals surface area contributed by atoms with Crippen LogP contribution >= 0.6 is 0 Å². The third-order valence-corrected chi connectivity index (χ3v) is 4.59. The lowest BCUT2D eigenvalue weighted by atomic mass is 10.0. The van der Waals surface area contributed by atoms with Gasteiger partial charge in [0.05, 0.1) is 0 Å². The Bertz CT molecular complexity index is 384. The summed E-state index contributed by atoms with van der Waals surface area (Å²) in [6.07, 6.45) is 6.71. The summed E-state index contributed by atoms with van der Waals surface area (Å²) in [6, 6.07) is 0. The zero-order chi connectivity index (χ0) is 18.3. The summed E-state index contributed by atoms with van der Waals surface area (Å²) in [5.74, 6) is 1.55. The summed E-state index contributed by atoms with van der Waals surface area (Å²) in [5.41, 5.74) is 0. The average molecular weight is 356 g/mol. The van der Waals surface area contributed by atoms with Crippen LogP contribution in [0.15, 0.2) is 4.99 Å². The molecular formula is C18H37N5O2. The Morgan fingerprint density at radius 2 is 1.80 bits per heavy atom. The molecule has 0 aromatic rings. The molecule has 0 saturated heterocycles. The monoisotopic (exact) mass is 355 g/mol. The molecule has 0 bridgehead atoms. The van der Waals surface area contributed by atoms with E-state index in [0.29, 0.717) is 25.4 Å². The van der Waals surface area contributed by atoms with Gasteiger partial charge in [0.1, 0.15) is 0 Å². The summed E-state index contributed by atoms with van der Waals surface area (Å²) in [7, 11) is 5.60. The summed E-state index contributed by atoms with van der Waals surface area (Å²) in [4.78, 5) is 18.3. The molecule has 1 fully saturated rings. The van der Waals surface area contributed by atoms with Crippen molar-refractivity contribution in [1.29, 1.82) is 0 Å². The minimum Gasteiger partial charge on any atom is -0.385 e. The number of hydrogen-bond acceptors (Lipinski definition) is 4. The van der Waals surface area contributed by atoms with Gasteiger partial charge in [-0.2, -0.15) is 0 Å². The third kappa shape index (κ3) is 11.0. The second kappa shape index (κ2) is 13.9. The van der Waals surface area contributed by atoms with Crippen molar-refractivity contribution in [1.82, 2.24) is 20.9 Å². The van der Waals surface area contributed by atoms with Crippen LogP contribution in [0.1, 0.15) is 38.5 Å². The molecule has 1 amide bonds. The van der Waals surface area contributed by atoms with Crippen LogP contribution in [-0.2, 0) is 9.53 Å². The van der Waals surface area contributed by atoms with Gasteiger partial charge in [0.2, 0.25) is 5.91 Å². The zero-order valence-electron chi connectivity index (χ0n) is 16.3. The van der Waals surface area contributed by atoms with Gasteiger partial charge < -0.3 is 25.6 Å². The molecule has 3 N–H and O–H groups in total. The molecule has 0 atom stereocenters. The van der Waals surface area contributed by atoms with Gasteiger partial charge in [-0.1, -0.05) is 12.8 Å². The number of aliphatic imine (C=N–C) groups is 1. The number of guanidine groups is 1. The van der Waals surface area contributed by atoms with E-state index in [1.54, 1.807) is 14.2 Å². The molecule has 0 radical (unpaired) electrons. The molecule has 0 spiro atoms. The van der Waals surface area contributed by atoms with E-state index in [1.807, 2.05) is 0 Å². The first-order chi connectivity index (χ1) is 12.2. The third-order valence-electron chi connectivity index (χ3n) is 4.59. The Morgan fingerprint density at radius 3 is 2.48 bits per heavy atom. The van der Waals surface area contributed by atoms with Gasteiger partial charge in [0, 0.05) is 59.9 Å². The second-order valence-electron chi connectivity index (χ2n) is 6.78. The topological polar surface area (TPSA) is 78.0 Å². The molecule has 25 heavy (non-hydrogen) atoms. The standard InChI is InChI=1S/C18H37N5O2/c1-19-18(22-11-13-23(2)12-6-14-25-3)21-10-9-20-17(24)15-16-7-4-5-8-16/h16H,4-15H2,1-3H3,(H,20,24)(H2,19,21,22). The molecule has 0 unspecified atom stereocenters. The average Bonchev–Trinajstić information content (AvgIpc) is 3.10. The van der Waals surface area contributed by atoms with E-state index in [0.717, 1.165) is 38.6 Å². The minimum absolute atomic E-state index is 0.175. The van der Waals surface area contributed by atoms with Crippen LogP contribution in [0.25, 0.3) is 0 Å². The number of ether oxygens (including phenoxy) is 1. The van der Waals surface area contributed by atoms with Crippen molar-refractivity contribution in [3.8, 4) is 0 Å². The molecule has 0 aromatic carbocycles. The molecule has 7 heteroatoms. The van der Waals surface area contributed by atoms with Crippen LogP contribution in [-0.4, -0.2) is 77.3 Å². The molecule has 0 aliphatic heterocycles. The van der Waals surface area contributed by atoms with E-state index in [9.17, 15) is 4.79 Å². The van der Waals surface area contributed by atoms with Gasteiger partial charge >= 0.3 is 0 Å². The molecule has 0 heterocycles. The molecule has 1 rings (SSSR count). The van der Waals surface area contributed by atoms with Gasteiger partial charge in [0.25, 0.3) is 0 Å². The molecule has 0 aromatic heterocycles. The van der Waals surface area contributed by atoms with Crippen LogP contribution in [0.5, 0.6) is 0 Å². The highest BCUT2D eigenvalue weighted by Crippen LogP contribution is 2.27. The number of likely N-dealkylation sites (N-methyl/N-ethyl adjacent to an activating group) is 1. The molecule has 7 nitrogen and oxygen atoms in total. The van der Waals surface area contributed by atoms with E-state index < -0.39 is 0 Å². The molecule has 1 saturated carbocycles. The Balaban J connectivity index is 2.02. The fourth-order valence-electron chi connectivity index (χ4n) is 3.11. The van der Waals surface area contributed by atoms with Crippen LogP contribution in [0, 0.1) is 5.92 Å². The summed E-state index contributed by atoms with van der Waals surface area (Å²) in [6.45, 7) is 4.91. The van der Waals surface area contributed by atoms with E-state index in [4.69, 9.17) is 4.74 Å². The Kier molecular flexibility index (Phi) is 12.1. The zero-order valence-corrected chi connectivity index (χ0v) is 16.3. The predicted octanol–water partition coefficient (Wildman–Crippen LogP) is 0.816. The lowest BCUT2D eigenvalue weighted by Crippen LogP contribution is -2.43. The van der Waals surface area contributed by atoms with Gasteiger partial charge in [0.15, 0.2) is 5.96 Å². The van der Waals surface area contributed by atoms with Crippen molar-refractivity contribution >= 4 is 11.9 Å². The van der Waals surface area contributed by atoms with E-state index >= 15 is 0 Å². The number of methoxy groups -OCH3 is 1. The molecular weight excluding hydrogens is 318 g/mol. The number of amides is 1. The quantitative estimate of drug-likeness (QED) is 0.274. The van der Waals surface area contributed by atoms with Crippen molar-refractivity contribution in [3.63, 3.8) is 0 Å². The van der Waals surface area contributed by atoms with Crippen LogP contribution in [0.2, 0.25) is 0 Å². The largest absolute Gasteiger partial charge is 0.385 e. The number of hydrogen-bond donors (Lipinski definition) is 3. The SMILES string of the molecule is CN=C(NCCNC(=O)CC1CCCC1)NCCN(C)CCCOC. The number of nitrogens with one attached hydrogen (secondary N) is 3. The van der Waals surface area contributed by atoms with Crippen molar-refractivity contribution in [2.24, 2.45) is 10.9 Å². The fourth-order valence-corrected chi connectivity index (χ4v) is 3.11. The minimum atomic E-state index is 0.175. The highest BCUT2D eigenvalue weighted by atomic mass is 16.5. The number of carbonyl (C=O) groups excluding carboxylic acids is 1. The Hall–Kier alpha value is -1.34. The van der Waals surface area contributed by atoms with Crippen LogP contribution < -0.4 is 16.0 Å². The highest BCUT2D eigenvalue weighted by molar-refractivity contribution is 5.79. The smallest absolute Gasteiger partial charge is 0.220 e. The normalized spacial score (nSPS) is 15.6. The Morgan fingerprint density at radius 1 is 1.12 bits per heavy atom. The molecule has 146 valence electrons. The predicted molar refractivity (Wildman–Crippen MR) is 103 cm³/mol. The summed E-state index contributed by atoms with van der Waals surface area (Å²) in [5, 5.41) is 9.51. The van der Waals surface area contributed by atoms with Crippen molar-refractivity contribution in [2.45, 2.75) is 38.5 Å². The Labute approximate surface area is 153 Å². The van der Waals surface area contributed by atoms with Gasteiger partial charge in [-0.25, -0.2) is 0 Å². The lowest BCUT2D eigenvalue weighted by Gasteiger charge is -2.18. The second-order valence-corrected chi connectivity index (χ2v) is 6.78. The first-order valence-corrected chi connectivity index (χ1v) is 9.54. The van der Waals surface area contributed by atoms with Crippen molar-refractivity contribution in [2.75, 3.05) is 60.5 Å². The lowest BCUT2D eigenvalue weighted by molar-refractivity contribution is -0.121. The number of nitrogens with zero attached hydrogens (tertiary/aromatic N) is 2. The molecule has 1 aliphatic rings. The summed E-state index contributed by atoms with van der Waals surface area (Å²) < 4.78 is 5.06. The first kappa shape index (κ1) is 21.7. The van der Waals surface area contributed by atoms with Crippen molar-refractivity contribution < 1.29 is 9.53 Å². The summed E-state index contributed by atoms with van der Waals surface area (Å²) >= 11 is 0. The van der Waals surface area contributed by atoms with Crippen LogP contribution in [0.4, 0.5) is 0 Å². The van der Waals surface area contributed by atoms with Crippen LogP contribution in [0.3, 0.4) is 0 Å².